The third-order valence-electron chi connectivity index (χ3n) is 6.23. The van der Waals surface area contributed by atoms with Crippen molar-refractivity contribution in [1.82, 2.24) is 15.2 Å². The van der Waals surface area contributed by atoms with E-state index in [1.165, 1.54) is 21.8 Å². The molecule has 0 saturated carbocycles. The Balaban J connectivity index is 1.55. The number of nitrogens with one attached hydrogen (secondary N) is 1. The molecule has 2 heterocycles. The lowest BCUT2D eigenvalue weighted by Gasteiger charge is -2.27. The summed E-state index contributed by atoms with van der Waals surface area (Å²) in [5, 5.41) is 5.80. The maximum Gasteiger partial charge on any atom is 0.243 e. The molecule has 0 spiro atoms. The molecular formula is C27H30FN3O2S. The van der Waals surface area contributed by atoms with E-state index in [0.717, 1.165) is 16.1 Å². The van der Waals surface area contributed by atoms with E-state index in [1.54, 1.807) is 0 Å². The molecule has 0 radical (unpaired) electrons. The molecule has 1 aliphatic heterocycles. The van der Waals surface area contributed by atoms with Crippen molar-refractivity contribution in [2.75, 3.05) is 6.54 Å². The molecule has 1 saturated heterocycles. The molecule has 178 valence electrons. The number of aryl methyl sites for hydroxylation is 1. The van der Waals surface area contributed by atoms with Gasteiger partial charge in [-0.3, -0.25) is 9.59 Å². The van der Waals surface area contributed by atoms with Gasteiger partial charge >= 0.3 is 0 Å². The second-order valence-corrected chi connectivity index (χ2v) is 10.2. The lowest BCUT2D eigenvalue weighted by Crippen LogP contribution is -2.47. The van der Waals surface area contributed by atoms with E-state index in [-0.39, 0.29) is 31.2 Å². The highest BCUT2D eigenvalue weighted by Gasteiger charge is 2.40. The first kappa shape index (κ1) is 24.1. The van der Waals surface area contributed by atoms with Crippen molar-refractivity contribution in [3.05, 3.63) is 87.4 Å². The smallest absolute Gasteiger partial charge is 0.243 e. The van der Waals surface area contributed by atoms with Gasteiger partial charge in [-0.1, -0.05) is 68.4 Å². The number of likely N-dealkylation sites (tertiary alicyclic amines) is 1. The van der Waals surface area contributed by atoms with Gasteiger partial charge in [0.25, 0.3) is 0 Å². The Hall–Kier alpha value is -3.06. The summed E-state index contributed by atoms with van der Waals surface area (Å²) in [6.45, 7) is 6.08. The van der Waals surface area contributed by atoms with E-state index >= 15 is 0 Å². The maximum atomic E-state index is 14.4. The molecule has 1 N–H and O–H groups in total. The Morgan fingerprint density at radius 3 is 2.35 bits per heavy atom. The van der Waals surface area contributed by atoms with Gasteiger partial charge < -0.3 is 10.2 Å². The van der Waals surface area contributed by atoms with Crippen LogP contribution in [0.1, 0.15) is 59.6 Å². The molecule has 5 nitrogen and oxygen atoms in total. The molecule has 34 heavy (non-hydrogen) atoms. The summed E-state index contributed by atoms with van der Waals surface area (Å²) in [6.07, 6.45) is -1.15. The van der Waals surface area contributed by atoms with Gasteiger partial charge in [-0.15, -0.1) is 11.3 Å². The number of benzene rings is 2. The van der Waals surface area contributed by atoms with E-state index in [1.807, 2.05) is 54.8 Å². The van der Waals surface area contributed by atoms with E-state index in [4.69, 9.17) is 0 Å². The van der Waals surface area contributed by atoms with Crippen LogP contribution in [0.15, 0.2) is 60.0 Å². The molecule has 2 amide bonds. The first-order valence-electron chi connectivity index (χ1n) is 11.6. The van der Waals surface area contributed by atoms with E-state index < -0.39 is 18.3 Å². The van der Waals surface area contributed by atoms with Crippen molar-refractivity contribution in [3.63, 3.8) is 0 Å². The number of thiazole rings is 1. The van der Waals surface area contributed by atoms with Gasteiger partial charge in [0.05, 0.1) is 29.7 Å². The first-order chi connectivity index (χ1) is 16.3. The Morgan fingerprint density at radius 1 is 1.09 bits per heavy atom. The van der Waals surface area contributed by atoms with Crippen LogP contribution >= 0.6 is 11.3 Å². The molecule has 7 heteroatoms. The number of hydrogen-bond acceptors (Lipinski definition) is 4. The highest BCUT2D eigenvalue weighted by Crippen LogP contribution is 2.27. The summed E-state index contributed by atoms with van der Waals surface area (Å²) in [4.78, 5) is 32.1. The zero-order valence-electron chi connectivity index (χ0n) is 19.7. The summed E-state index contributed by atoms with van der Waals surface area (Å²) < 4.78 is 14.4. The summed E-state index contributed by atoms with van der Waals surface area (Å²) in [6, 6.07) is 16.6. The van der Waals surface area contributed by atoms with Gasteiger partial charge in [0.2, 0.25) is 11.8 Å². The molecule has 2 aromatic carbocycles. The van der Waals surface area contributed by atoms with Crippen LogP contribution in [0.4, 0.5) is 4.39 Å². The van der Waals surface area contributed by atoms with Gasteiger partial charge in [0, 0.05) is 11.8 Å². The fraction of sp³-hybridized carbons (Fsp3) is 0.370. The van der Waals surface area contributed by atoms with Crippen LogP contribution in [0.5, 0.6) is 0 Å². The third kappa shape index (κ3) is 5.53. The van der Waals surface area contributed by atoms with E-state index in [0.29, 0.717) is 11.6 Å². The minimum Gasteiger partial charge on any atom is -0.343 e. The average Bonchev–Trinajstić information content (AvgIpc) is 3.43. The summed E-state index contributed by atoms with van der Waals surface area (Å²) in [5.74, 6) is -0.215. The van der Waals surface area contributed by atoms with Gasteiger partial charge in [0.1, 0.15) is 12.2 Å². The zero-order chi connectivity index (χ0) is 24.2. The average molecular weight is 480 g/mol. The van der Waals surface area contributed by atoms with Gasteiger partial charge in [0.15, 0.2) is 0 Å². The normalized spacial score (nSPS) is 18.8. The van der Waals surface area contributed by atoms with E-state index in [9.17, 15) is 14.0 Å². The number of carbonyl (C=O) groups excluding carboxylic acids is 2. The molecular weight excluding hydrogens is 449 g/mol. The van der Waals surface area contributed by atoms with Crippen LogP contribution < -0.4 is 5.32 Å². The SMILES string of the molecule is Cc1nc(CC(=O)N2CC(F)CC2C(=O)NC(c2ccccc2)c2ccc(C(C)C)cc2)cs1. The highest BCUT2D eigenvalue weighted by molar-refractivity contribution is 7.09. The second kappa shape index (κ2) is 10.5. The van der Waals surface area contributed by atoms with Crippen molar-refractivity contribution in [3.8, 4) is 0 Å². The molecule has 1 aliphatic rings. The quantitative estimate of drug-likeness (QED) is 0.521. The van der Waals surface area contributed by atoms with Crippen LogP contribution in [-0.4, -0.2) is 40.5 Å². The topological polar surface area (TPSA) is 62.3 Å². The molecule has 4 rings (SSSR count). The molecule has 0 aliphatic carbocycles. The summed E-state index contributed by atoms with van der Waals surface area (Å²) in [5.41, 5.74) is 3.74. The highest BCUT2D eigenvalue weighted by atomic mass is 32.1. The van der Waals surface area contributed by atoms with Crippen molar-refractivity contribution in [2.45, 2.75) is 57.8 Å². The minimum atomic E-state index is -1.22. The van der Waals surface area contributed by atoms with Crippen LogP contribution in [0.25, 0.3) is 0 Å². The Bertz CT molecular complexity index is 1130. The Kier molecular flexibility index (Phi) is 7.41. The van der Waals surface area contributed by atoms with Gasteiger partial charge in [-0.25, -0.2) is 9.37 Å². The second-order valence-electron chi connectivity index (χ2n) is 9.10. The number of nitrogens with zero attached hydrogens (tertiary/aromatic N) is 2. The number of hydrogen-bond donors (Lipinski definition) is 1. The van der Waals surface area contributed by atoms with Crippen molar-refractivity contribution < 1.29 is 14.0 Å². The van der Waals surface area contributed by atoms with Crippen LogP contribution in [0.2, 0.25) is 0 Å². The van der Waals surface area contributed by atoms with Crippen LogP contribution in [0, 0.1) is 6.92 Å². The predicted octanol–water partition coefficient (Wildman–Crippen LogP) is 4.96. The van der Waals surface area contributed by atoms with Crippen LogP contribution in [0.3, 0.4) is 0 Å². The lowest BCUT2D eigenvalue weighted by molar-refractivity contribution is -0.138. The van der Waals surface area contributed by atoms with Crippen molar-refractivity contribution >= 4 is 23.2 Å². The molecule has 3 atom stereocenters. The predicted molar refractivity (Wildman–Crippen MR) is 133 cm³/mol. The molecule has 3 unspecified atom stereocenters. The largest absolute Gasteiger partial charge is 0.343 e. The fourth-order valence-electron chi connectivity index (χ4n) is 4.37. The van der Waals surface area contributed by atoms with Gasteiger partial charge in [-0.2, -0.15) is 0 Å². The van der Waals surface area contributed by atoms with Crippen LogP contribution in [-0.2, 0) is 16.0 Å². The maximum absolute atomic E-state index is 14.4. The van der Waals surface area contributed by atoms with Crippen molar-refractivity contribution in [1.29, 1.82) is 0 Å². The first-order valence-corrected chi connectivity index (χ1v) is 12.5. The zero-order valence-corrected chi connectivity index (χ0v) is 20.5. The third-order valence-corrected chi connectivity index (χ3v) is 7.05. The number of rotatable bonds is 7. The molecule has 1 fully saturated rings. The van der Waals surface area contributed by atoms with Crippen molar-refractivity contribution in [2.24, 2.45) is 0 Å². The summed E-state index contributed by atoms with van der Waals surface area (Å²) in [7, 11) is 0. The number of halogens is 1. The number of aromatic nitrogens is 1. The molecule has 3 aromatic rings. The van der Waals surface area contributed by atoms with Gasteiger partial charge in [-0.05, 0) is 29.5 Å². The monoisotopic (exact) mass is 479 g/mol. The summed E-state index contributed by atoms with van der Waals surface area (Å²) >= 11 is 1.47. The fourth-order valence-corrected chi connectivity index (χ4v) is 4.98. The van der Waals surface area contributed by atoms with E-state index in [2.05, 4.69) is 36.3 Å². The Labute approximate surface area is 204 Å². The lowest BCUT2D eigenvalue weighted by atomic mass is 9.95. The minimum absolute atomic E-state index is 0.00145. The standard InChI is InChI=1S/C27H30FN3O2S/c1-17(2)19-9-11-21(12-10-19)26(20-7-5-4-6-8-20)30-27(33)24-13-22(28)15-31(24)25(32)14-23-16-34-18(3)29-23/h4-12,16-17,22,24,26H,13-15H2,1-3H3,(H,30,33). The number of alkyl halides is 1. The Morgan fingerprint density at radius 2 is 1.74 bits per heavy atom. The molecule has 0 bridgehead atoms. The number of amides is 2. The number of carbonyl (C=O) groups is 2. The molecule has 1 aromatic heterocycles.